The lowest BCUT2D eigenvalue weighted by Crippen LogP contribution is -2.20. The van der Waals surface area contributed by atoms with E-state index in [1.807, 2.05) is 24.3 Å². The normalized spacial score (nSPS) is 10.7. The second-order valence-electron chi connectivity index (χ2n) is 5.42. The number of benzene rings is 2. The van der Waals surface area contributed by atoms with Gasteiger partial charge in [0.25, 0.3) is 0 Å². The average molecular weight is 300 g/mol. The smallest absolute Gasteiger partial charge is 0.160 e. The van der Waals surface area contributed by atoms with Gasteiger partial charge in [-0.25, -0.2) is 0 Å². The molecule has 0 aliphatic heterocycles. The number of methoxy groups -OCH3 is 2. The fourth-order valence-electron chi connectivity index (χ4n) is 2.37. The molecule has 0 unspecified atom stereocenters. The molecular formula is C18H24N2O2. The Morgan fingerprint density at radius 3 is 2.18 bits per heavy atom. The molecule has 0 aliphatic rings. The molecule has 0 fully saturated rings. The molecule has 0 amide bonds. The molecule has 2 aromatic carbocycles. The Labute approximate surface area is 132 Å². The van der Waals surface area contributed by atoms with Gasteiger partial charge >= 0.3 is 0 Å². The van der Waals surface area contributed by atoms with Crippen LogP contribution in [0.1, 0.15) is 11.1 Å². The molecule has 4 heteroatoms. The number of hydrogen-bond acceptors (Lipinski definition) is 4. The molecule has 2 rings (SSSR count). The Morgan fingerprint density at radius 2 is 1.55 bits per heavy atom. The molecule has 0 radical (unpaired) electrons. The molecule has 2 N–H and O–H groups in total. The summed E-state index contributed by atoms with van der Waals surface area (Å²) in [6.45, 7) is 1.88. The van der Waals surface area contributed by atoms with Crippen molar-refractivity contribution in [3.05, 3.63) is 53.6 Å². The Kier molecular flexibility index (Phi) is 5.67. The first-order valence-corrected chi connectivity index (χ1v) is 7.36. The zero-order valence-corrected chi connectivity index (χ0v) is 13.5. The molecule has 0 bridgehead atoms. The molecule has 0 saturated heterocycles. The number of hydrogen-bond donors (Lipinski definition) is 1. The minimum atomic E-state index is 0.765. The topological polar surface area (TPSA) is 47.7 Å². The number of nitrogens with zero attached hydrogens (tertiary/aromatic N) is 1. The molecule has 0 atom stereocenters. The predicted octanol–water partition coefficient (Wildman–Crippen LogP) is 2.96. The lowest BCUT2D eigenvalue weighted by atomic mass is 10.1. The van der Waals surface area contributed by atoms with Crippen LogP contribution >= 0.6 is 0 Å². The highest BCUT2D eigenvalue weighted by Gasteiger charge is 2.06. The summed E-state index contributed by atoms with van der Waals surface area (Å²) >= 11 is 0. The number of anilines is 1. The molecule has 0 aromatic heterocycles. The van der Waals surface area contributed by atoms with Crippen LogP contribution in [0, 0.1) is 0 Å². The van der Waals surface area contributed by atoms with Crippen LogP contribution in [0.25, 0.3) is 0 Å². The van der Waals surface area contributed by atoms with Crippen molar-refractivity contribution in [1.82, 2.24) is 4.90 Å². The molecule has 22 heavy (non-hydrogen) atoms. The molecule has 118 valence electrons. The van der Waals surface area contributed by atoms with Gasteiger partial charge in [0.1, 0.15) is 0 Å². The Bertz CT molecular complexity index is 597. The average Bonchev–Trinajstić information content (AvgIpc) is 2.54. The molecule has 0 heterocycles. The van der Waals surface area contributed by atoms with Gasteiger partial charge in [0.15, 0.2) is 11.5 Å². The van der Waals surface area contributed by atoms with Gasteiger partial charge in [-0.05, 0) is 48.9 Å². The van der Waals surface area contributed by atoms with Crippen LogP contribution < -0.4 is 15.2 Å². The molecule has 0 saturated carbocycles. The van der Waals surface area contributed by atoms with E-state index in [4.69, 9.17) is 15.2 Å². The summed E-state index contributed by atoms with van der Waals surface area (Å²) in [6.07, 6.45) is 0.964. The minimum Gasteiger partial charge on any atom is -0.493 e. The minimum absolute atomic E-state index is 0.765. The first-order valence-electron chi connectivity index (χ1n) is 7.36. The zero-order chi connectivity index (χ0) is 15.9. The van der Waals surface area contributed by atoms with Crippen molar-refractivity contribution in [1.29, 1.82) is 0 Å². The quantitative estimate of drug-likeness (QED) is 0.799. The summed E-state index contributed by atoms with van der Waals surface area (Å²) in [7, 11) is 5.43. The van der Waals surface area contributed by atoms with Crippen molar-refractivity contribution < 1.29 is 9.47 Å². The van der Waals surface area contributed by atoms with Gasteiger partial charge in [0, 0.05) is 18.8 Å². The molecule has 2 aromatic rings. The number of ether oxygens (including phenoxy) is 2. The van der Waals surface area contributed by atoms with E-state index < -0.39 is 0 Å². The fourth-order valence-corrected chi connectivity index (χ4v) is 2.37. The third-order valence-corrected chi connectivity index (χ3v) is 3.66. The van der Waals surface area contributed by atoms with E-state index in [0.717, 1.165) is 36.7 Å². The first-order chi connectivity index (χ1) is 10.6. The van der Waals surface area contributed by atoms with E-state index in [-0.39, 0.29) is 0 Å². The SMILES string of the molecule is COc1ccc(CCN(C)Cc2ccc(N)cc2)cc1OC. The van der Waals surface area contributed by atoms with Crippen LogP contribution in [-0.4, -0.2) is 32.7 Å². The highest BCUT2D eigenvalue weighted by atomic mass is 16.5. The predicted molar refractivity (Wildman–Crippen MR) is 90.4 cm³/mol. The van der Waals surface area contributed by atoms with Crippen LogP contribution in [0.5, 0.6) is 11.5 Å². The summed E-state index contributed by atoms with van der Waals surface area (Å²) < 4.78 is 10.6. The summed E-state index contributed by atoms with van der Waals surface area (Å²) in [5.74, 6) is 1.54. The van der Waals surface area contributed by atoms with Gasteiger partial charge in [0.2, 0.25) is 0 Å². The number of likely N-dealkylation sites (N-methyl/N-ethyl adjacent to an activating group) is 1. The lowest BCUT2D eigenvalue weighted by molar-refractivity contribution is 0.330. The fraction of sp³-hybridized carbons (Fsp3) is 0.333. The molecular weight excluding hydrogens is 276 g/mol. The second kappa shape index (κ2) is 7.71. The maximum Gasteiger partial charge on any atom is 0.160 e. The van der Waals surface area contributed by atoms with Crippen molar-refractivity contribution in [2.24, 2.45) is 0 Å². The van der Waals surface area contributed by atoms with Gasteiger partial charge in [-0.15, -0.1) is 0 Å². The molecule has 4 nitrogen and oxygen atoms in total. The van der Waals surface area contributed by atoms with Crippen LogP contribution in [0.15, 0.2) is 42.5 Å². The molecule has 0 aliphatic carbocycles. The van der Waals surface area contributed by atoms with Gasteiger partial charge in [0.05, 0.1) is 14.2 Å². The largest absolute Gasteiger partial charge is 0.493 e. The lowest BCUT2D eigenvalue weighted by Gasteiger charge is -2.17. The van der Waals surface area contributed by atoms with Crippen LogP contribution in [-0.2, 0) is 13.0 Å². The van der Waals surface area contributed by atoms with Gasteiger partial charge in [-0.3, -0.25) is 0 Å². The van der Waals surface area contributed by atoms with E-state index in [0.29, 0.717) is 0 Å². The van der Waals surface area contributed by atoms with Gasteiger partial charge in [-0.2, -0.15) is 0 Å². The summed E-state index contributed by atoms with van der Waals surface area (Å²) in [6, 6.07) is 14.1. The maximum atomic E-state index is 5.71. The second-order valence-corrected chi connectivity index (χ2v) is 5.42. The third kappa shape index (κ3) is 4.40. The van der Waals surface area contributed by atoms with Crippen molar-refractivity contribution in [3.8, 4) is 11.5 Å². The standard InChI is InChI=1S/C18H24N2O2/c1-20(13-15-4-7-16(19)8-5-15)11-10-14-6-9-17(21-2)18(12-14)22-3/h4-9,12H,10-11,13,19H2,1-3H3. The first kappa shape index (κ1) is 16.2. The highest BCUT2D eigenvalue weighted by Crippen LogP contribution is 2.27. The van der Waals surface area contributed by atoms with E-state index in [2.05, 4.69) is 30.1 Å². The van der Waals surface area contributed by atoms with E-state index in [1.54, 1.807) is 14.2 Å². The van der Waals surface area contributed by atoms with Crippen molar-refractivity contribution in [3.63, 3.8) is 0 Å². The highest BCUT2D eigenvalue weighted by molar-refractivity contribution is 5.43. The van der Waals surface area contributed by atoms with Crippen molar-refractivity contribution >= 4 is 5.69 Å². The van der Waals surface area contributed by atoms with Crippen LogP contribution in [0.4, 0.5) is 5.69 Å². The van der Waals surface area contributed by atoms with Crippen LogP contribution in [0.3, 0.4) is 0 Å². The number of nitrogens with two attached hydrogens (primary N) is 1. The van der Waals surface area contributed by atoms with E-state index >= 15 is 0 Å². The van der Waals surface area contributed by atoms with Gasteiger partial charge < -0.3 is 20.1 Å². The summed E-state index contributed by atoms with van der Waals surface area (Å²) in [5.41, 5.74) is 9.02. The number of rotatable bonds is 7. The maximum absolute atomic E-state index is 5.71. The Hall–Kier alpha value is -2.20. The summed E-state index contributed by atoms with van der Waals surface area (Å²) in [4.78, 5) is 2.29. The third-order valence-electron chi connectivity index (χ3n) is 3.66. The monoisotopic (exact) mass is 300 g/mol. The van der Waals surface area contributed by atoms with Crippen molar-refractivity contribution in [2.45, 2.75) is 13.0 Å². The van der Waals surface area contributed by atoms with E-state index in [1.165, 1.54) is 11.1 Å². The Balaban J connectivity index is 1.90. The summed E-state index contributed by atoms with van der Waals surface area (Å²) in [5, 5.41) is 0. The number of nitrogen functional groups attached to an aromatic ring is 1. The van der Waals surface area contributed by atoms with Crippen molar-refractivity contribution in [2.75, 3.05) is 33.5 Å². The Morgan fingerprint density at radius 1 is 0.909 bits per heavy atom. The zero-order valence-electron chi connectivity index (χ0n) is 13.5. The molecule has 0 spiro atoms. The van der Waals surface area contributed by atoms with Gasteiger partial charge in [-0.1, -0.05) is 18.2 Å². The van der Waals surface area contributed by atoms with Crippen LogP contribution in [0.2, 0.25) is 0 Å². The van der Waals surface area contributed by atoms with E-state index in [9.17, 15) is 0 Å².